The first-order chi connectivity index (χ1) is 7.33. The molecule has 5 nitrogen and oxygen atoms in total. The van der Waals surface area contributed by atoms with Gasteiger partial charge in [0, 0.05) is 5.56 Å². The number of amides is 1. The maximum atomic E-state index is 11.3. The zero-order valence-electron chi connectivity index (χ0n) is 10.1. The van der Waals surface area contributed by atoms with Gasteiger partial charge < -0.3 is 9.15 Å². The maximum absolute atomic E-state index is 11.3. The van der Waals surface area contributed by atoms with E-state index in [9.17, 15) is 4.79 Å². The van der Waals surface area contributed by atoms with Gasteiger partial charge in [-0.2, -0.15) is 0 Å². The second-order valence-corrected chi connectivity index (χ2v) is 4.60. The van der Waals surface area contributed by atoms with Gasteiger partial charge in [-0.1, -0.05) is 0 Å². The predicted molar refractivity (Wildman–Crippen MR) is 59.6 cm³/mol. The Hall–Kier alpha value is -1.33. The number of nitrogens with one attached hydrogen (secondary N) is 1. The molecule has 1 heterocycles. The van der Waals surface area contributed by atoms with Crippen LogP contribution < -0.4 is 11.3 Å². The molecule has 1 aromatic rings. The van der Waals surface area contributed by atoms with E-state index in [2.05, 4.69) is 0 Å². The van der Waals surface area contributed by atoms with E-state index in [1.54, 1.807) is 13.0 Å². The van der Waals surface area contributed by atoms with Crippen LogP contribution in [-0.4, -0.2) is 11.5 Å². The number of carbonyl (C=O) groups is 1. The van der Waals surface area contributed by atoms with Crippen molar-refractivity contribution in [3.8, 4) is 0 Å². The van der Waals surface area contributed by atoms with Gasteiger partial charge in [0.15, 0.2) is 5.76 Å². The first-order valence-electron chi connectivity index (χ1n) is 5.07. The Morgan fingerprint density at radius 2 is 2.19 bits per heavy atom. The summed E-state index contributed by atoms with van der Waals surface area (Å²) in [5.41, 5.74) is 2.54. The van der Waals surface area contributed by atoms with E-state index in [1.165, 1.54) is 0 Å². The average molecular weight is 226 g/mol. The van der Waals surface area contributed by atoms with Gasteiger partial charge in [-0.15, -0.1) is 0 Å². The fraction of sp³-hybridized carbons (Fsp3) is 0.545. The molecule has 0 fully saturated rings. The lowest BCUT2D eigenvalue weighted by atomic mass is 10.2. The van der Waals surface area contributed by atoms with Crippen LogP contribution in [-0.2, 0) is 11.3 Å². The van der Waals surface area contributed by atoms with E-state index in [0.29, 0.717) is 12.4 Å². The highest BCUT2D eigenvalue weighted by molar-refractivity contribution is 5.92. The number of hydrogen-bond donors (Lipinski definition) is 2. The number of nitrogen functional groups attached to an aromatic ring is 1. The van der Waals surface area contributed by atoms with Crippen molar-refractivity contribution in [1.82, 2.24) is 5.43 Å². The van der Waals surface area contributed by atoms with Crippen molar-refractivity contribution >= 4 is 5.91 Å². The van der Waals surface area contributed by atoms with Gasteiger partial charge >= 0.3 is 5.91 Å². The Bertz CT molecular complexity index is 377. The number of furan rings is 1. The number of hydrogen-bond acceptors (Lipinski definition) is 4. The van der Waals surface area contributed by atoms with E-state index >= 15 is 0 Å². The second-order valence-electron chi connectivity index (χ2n) is 4.60. The first-order valence-corrected chi connectivity index (χ1v) is 5.07. The van der Waals surface area contributed by atoms with Crippen LogP contribution in [0.3, 0.4) is 0 Å². The molecule has 0 aliphatic rings. The second kappa shape index (κ2) is 4.67. The first kappa shape index (κ1) is 12.7. The summed E-state index contributed by atoms with van der Waals surface area (Å²) in [5, 5.41) is 0. The smallest absolute Gasteiger partial charge is 0.301 e. The standard InChI is InChI=1S/C11H18N2O3/c1-7-5-8(6-15-11(2,3)4)16-9(7)10(14)13-12/h5H,6,12H2,1-4H3,(H,13,14). The van der Waals surface area contributed by atoms with Crippen LogP contribution >= 0.6 is 0 Å². The van der Waals surface area contributed by atoms with Crippen molar-refractivity contribution in [2.45, 2.75) is 39.9 Å². The molecule has 0 radical (unpaired) electrons. The van der Waals surface area contributed by atoms with E-state index in [-0.39, 0.29) is 11.4 Å². The van der Waals surface area contributed by atoms with Gasteiger partial charge in [-0.05, 0) is 33.8 Å². The molecule has 0 aliphatic carbocycles. The summed E-state index contributed by atoms with van der Waals surface area (Å²) >= 11 is 0. The molecule has 0 bridgehead atoms. The number of hydrazine groups is 1. The molecule has 1 amide bonds. The van der Waals surface area contributed by atoms with E-state index in [0.717, 1.165) is 5.56 Å². The summed E-state index contributed by atoms with van der Waals surface area (Å²) in [6.45, 7) is 7.99. The van der Waals surface area contributed by atoms with Crippen LogP contribution in [0.2, 0.25) is 0 Å². The van der Waals surface area contributed by atoms with Gasteiger partial charge in [-0.3, -0.25) is 10.2 Å². The SMILES string of the molecule is Cc1cc(COC(C)(C)C)oc1C(=O)NN. The molecule has 0 saturated heterocycles. The van der Waals surface area contributed by atoms with Gasteiger partial charge in [0.2, 0.25) is 0 Å². The normalized spacial score (nSPS) is 11.6. The molecular formula is C11H18N2O3. The van der Waals surface area contributed by atoms with Crippen LogP contribution in [0.15, 0.2) is 10.5 Å². The number of nitrogens with two attached hydrogens (primary N) is 1. The highest BCUT2D eigenvalue weighted by Gasteiger charge is 2.16. The molecule has 5 heteroatoms. The molecule has 0 aromatic carbocycles. The Balaban J connectivity index is 2.74. The third kappa shape index (κ3) is 3.36. The zero-order valence-corrected chi connectivity index (χ0v) is 10.1. The highest BCUT2D eigenvalue weighted by Crippen LogP contribution is 2.18. The van der Waals surface area contributed by atoms with Crippen molar-refractivity contribution in [3.63, 3.8) is 0 Å². The quantitative estimate of drug-likeness (QED) is 0.465. The van der Waals surface area contributed by atoms with Crippen LogP contribution in [0.5, 0.6) is 0 Å². The fourth-order valence-corrected chi connectivity index (χ4v) is 1.20. The largest absolute Gasteiger partial charge is 0.453 e. The third-order valence-corrected chi connectivity index (χ3v) is 1.95. The summed E-state index contributed by atoms with van der Waals surface area (Å²) in [6.07, 6.45) is 0. The van der Waals surface area contributed by atoms with Crippen LogP contribution in [0.4, 0.5) is 0 Å². The minimum absolute atomic E-state index is 0.231. The van der Waals surface area contributed by atoms with Crippen LogP contribution in [0.25, 0.3) is 0 Å². The van der Waals surface area contributed by atoms with Crippen molar-refractivity contribution < 1.29 is 13.9 Å². The summed E-state index contributed by atoms with van der Waals surface area (Å²) in [6, 6.07) is 1.77. The molecule has 0 spiro atoms. The number of aryl methyl sites for hydroxylation is 1. The molecule has 1 rings (SSSR count). The average Bonchev–Trinajstić information content (AvgIpc) is 2.55. The maximum Gasteiger partial charge on any atom is 0.301 e. The molecular weight excluding hydrogens is 208 g/mol. The number of rotatable bonds is 3. The summed E-state index contributed by atoms with van der Waals surface area (Å²) in [4.78, 5) is 11.3. The van der Waals surface area contributed by atoms with Crippen LogP contribution in [0.1, 0.15) is 42.6 Å². The van der Waals surface area contributed by atoms with Crippen molar-refractivity contribution in [2.24, 2.45) is 5.84 Å². The van der Waals surface area contributed by atoms with E-state index < -0.39 is 5.91 Å². The lowest BCUT2D eigenvalue weighted by molar-refractivity contribution is -0.0226. The van der Waals surface area contributed by atoms with Crippen molar-refractivity contribution in [3.05, 3.63) is 23.2 Å². The molecule has 0 aliphatic heterocycles. The highest BCUT2D eigenvalue weighted by atomic mass is 16.5. The Labute approximate surface area is 94.9 Å². The summed E-state index contributed by atoms with van der Waals surface area (Å²) in [7, 11) is 0. The minimum Gasteiger partial charge on any atom is -0.453 e. The van der Waals surface area contributed by atoms with Gasteiger partial charge in [0.1, 0.15) is 12.4 Å². The summed E-state index contributed by atoms with van der Waals surface area (Å²) in [5.74, 6) is 5.45. The number of ether oxygens (including phenoxy) is 1. The van der Waals surface area contributed by atoms with Gasteiger partial charge in [0.05, 0.1) is 5.60 Å². The van der Waals surface area contributed by atoms with E-state index in [1.807, 2.05) is 26.2 Å². The topological polar surface area (TPSA) is 77.5 Å². The Morgan fingerprint density at radius 3 is 2.69 bits per heavy atom. The van der Waals surface area contributed by atoms with Gasteiger partial charge in [-0.25, -0.2) is 5.84 Å². The third-order valence-electron chi connectivity index (χ3n) is 1.95. The molecule has 0 saturated carbocycles. The molecule has 1 aromatic heterocycles. The van der Waals surface area contributed by atoms with Crippen molar-refractivity contribution in [1.29, 1.82) is 0 Å². The molecule has 3 N–H and O–H groups in total. The molecule has 16 heavy (non-hydrogen) atoms. The summed E-state index contributed by atoms with van der Waals surface area (Å²) < 4.78 is 10.9. The van der Waals surface area contributed by atoms with Crippen molar-refractivity contribution in [2.75, 3.05) is 0 Å². The predicted octanol–water partition coefficient (Wildman–Crippen LogP) is 1.51. The lowest BCUT2D eigenvalue weighted by Crippen LogP contribution is -2.30. The Morgan fingerprint density at radius 1 is 1.56 bits per heavy atom. The van der Waals surface area contributed by atoms with Crippen LogP contribution in [0, 0.1) is 6.92 Å². The monoisotopic (exact) mass is 226 g/mol. The molecule has 0 unspecified atom stereocenters. The number of carbonyl (C=O) groups excluding carboxylic acids is 1. The lowest BCUT2D eigenvalue weighted by Gasteiger charge is -2.18. The zero-order chi connectivity index (χ0) is 12.3. The van der Waals surface area contributed by atoms with Gasteiger partial charge in [0.25, 0.3) is 0 Å². The molecule has 90 valence electrons. The van der Waals surface area contributed by atoms with E-state index in [4.69, 9.17) is 15.0 Å². The fourth-order valence-electron chi connectivity index (χ4n) is 1.20. The molecule has 0 atom stereocenters. The minimum atomic E-state index is -0.431. The Kier molecular flexibility index (Phi) is 3.72.